The summed E-state index contributed by atoms with van der Waals surface area (Å²) in [5.41, 5.74) is 5.39. The summed E-state index contributed by atoms with van der Waals surface area (Å²) in [5.74, 6) is 0. The van der Waals surface area contributed by atoms with Gasteiger partial charge in [-0.3, -0.25) is 0 Å². The van der Waals surface area contributed by atoms with Crippen LogP contribution in [0.25, 0.3) is 0 Å². The Labute approximate surface area is 104 Å². The molecule has 0 saturated carbocycles. The fraction of sp³-hybridized carbons (Fsp3) is 1.00. The van der Waals surface area contributed by atoms with E-state index in [0.717, 1.165) is 19.3 Å². The third-order valence-electron chi connectivity index (χ3n) is 2.87. The van der Waals surface area contributed by atoms with E-state index in [1.54, 1.807) is 7.05 Å². The van der Waals surface area contributed by atoms with E-state index < -0.39 is 10.2 Å². The molecule has 7 heteroatoms. The Morgan fingerprint density at radius 2 is 1.88 bits per heavy atom. The first kappa shape index (κ1) is 14.8. The third-order valence-corrected chi connectivity index (χ3v) is 4.86. The molecular formula is C10H23N3O3S. The van der Waals surface area contributed by atoms with Crippen LogP contribution in [-0.2, 0) is 14.9 Å². The van der Waals surface area contributed by atoms with Gasteiger partial charge in [0.2, 0.25) is 0 Å². The van der Waals surface area contributed by atoms with E-state index >= 15 is 0 Å². The molecule has 2 N–H and O–H groups in total. The molecule has 102 valence electrons. The van der Waals surface area contributed by atoms with Crippen molar-refractivity contribution in [2.75, 3.05) is 46.4 Å². The minimum absolute atomic E-state index is 0.454. The van der Waals surface area contributed by atoms with E-state index in [-0.39, 0.29) is 0 Å². The van der Waals surface area contributed by atoms with Gasteiger partial charge in [0, 0.05) is 26.7 Å². The monoisotopic (exact) mass is 265 g/mol. The standard InChI is InChI=1S/C10H23N3O3S/c1-12(6-4-2-3-5-11)17(14,15)13-7-9-16-10-8-13/h2-11H2,1H3. The highest BCUT2D eigenvalue weighted by atomic mass is 32.2. The van der Waals surface area contributed by atoms with Crippen molar-refractivity contribution in [3.63, 3.8) is 0 Å². The maximum atomic E-state index is 12.1. The minimum atomic E-state index is -3.29. The number of hydrogen-bond donors (Lipinski definition) is 1. The minimum Gasteiger partial charge on any atom is -0.379 e. The number of rotatable bonds is 7. The summed E-state index contributed by atoms with van der Waals surface area (Å²) >= 11 is 0. The van der Waals surface area contributed by atoms with E-state index in [1.807, 2.05) is 0 Å². The van der Waals surface area contributed by atoms with E-state index in [9.17, 15) is 8.42 Å². The molecule has 1 fully saturated rings. The lowest BCUT2D eigenvalue weighted by Gasteiger charge is -2.30. The lowest BCUT2D eigenvalue weighted by Crippen LogP contribution is -2.47. The van der Waals surface area contributed by atoms with E-state index in [2.05, 4.69) is 0 Å². The normalized spacial score (nSPS) is 18.8. The molecule has 0 aromatic carbocycles. The molecule has 1 heterocycles. The van der Waals surface area contributed by atoms with Gasteiger partial charge in [-0.2, -0.15) is 17.0 Å². The SMILES string of the molecule is CN(CCCCCN)S(=O)(=O)N1CCOCC1. The van der Waals surface area contributed by atoms with Gasteiger partial charge in [0.1, 0.15) is 0 Å². The molecule has 0 bridgehead atoms. The smallest absolute Gasteiger partial charge is 0.281 e. The molecule has 0 spiro atoms. The maximum absolute atomic E-state index is 12.1. The molecule has 0 aliphatic carbocycles. The second-order valence-electron chi connectivity index (χ2n) is 4.19. The summed E-state index contributed by atoms with van der Waals surface area (Å²) in [6, 6.07) is 0. The third kappa shape index (κ3) is 4.51. The first-order valence-electron chi connectivity index (χ1n) is 6.08. The van der Waals surface area contributed by atoms with Crippen LogP contribution >= 0.6 is 0 Å². The lowest BCUT2D eigenvalue weighted by molar-refractivity contribution is 0.0706. The van der Waals surface area contributed by atoms with Gasteiger partial charge in [0.05, 0.1) is 13.2 Å². The molecular weight excluding hydrogens is 242 g/mol. The van der Waals surface area contributed by atoms with Gasteiger partial charge in [-0.25, -0.2) is 0 Å². The van der Waals surface area contributed by atoms with Crippen molar-refractivity contribution in [1.29, 1.82) is 0 Å². The Kier molecular flexibility index (Phi) is 6.35. The second kappa shape index (κ2) is 7.27. The predicted octanol–water partition coefficient (Wildman–Crippen LogP) is -0.376. The van der Waals surface area contributed by atoms with Gasteiger partial charge in [0.15, 0.2) is 0 Å². The summed E-state index contributed by atoms with van der Waals surface area (Å²) in [6.45, 7) is 3.10. The van der Waals surface area contributed by atoms with Crippen LogP contribution in [0.1, 0.15) is 19.3 Å². The second-order valence-corrected chi connectivity index (χ2v) is 6.23. The van der Waals surface area contributed by atoms with Crippen LogP contribution in [0, 0.1) is 0 Å². The number of ether oxygens (including phenoxy) is 1. The van der Waals surface area contributed by atoms with Crippen LogP contribution in [0.2, 0.25) is 0 Å². The molecule has 0 radical (unpaired) electrons. The Hall–Kier alpha value is -0.210. The van der Waals surface area contributed by atoms with Crippen LogP contribution in [0.4, 0.5) is 0 Å². The number of unbranched alkanes of at least 4 members (excludes halogenated alkanes) is 2. The fourth-order valence-corrected chi connectivity index (χ4v) is 3.11. The Balaban J connectivity index is 2.39. The zero-order valence-corrected chi connectivity index (χ0v) is 11.3. The highest BCUT2D eigenvalue weighted by molar-refractivity contribution is 7.86. The topological polar surface area (TPSA) is 75.9 Å². The van der Waals surface area contributed by atoms with Crippen molar-refractivity contribution in [2.24, 2.45) is 5.73 Å². The number of nitrogens with zero attached hydrogens (tertiary/aromatic N) is 2. The van der Waals surface area contributed by atoms with Crippen LogP contribution in [0.3, 0.4) is 0 Å². The van der Waals surface area contributed by atoms with E-state index in [4.69, 9.17) is 10.5 Å². The zero-order valence-electron chi connectivity index (χ0n) is 10.5. The summed E-state index contributed by atoms with van der Waals surface area (Å²) < 4.78 is 32.3. The molecule has 0 aromatic heterocycles. The lowest BCUT2D eigenvalue weighted by atomic mass is 10.2. The quantitative estimate of drug-likeness (QED) is 0.637. The first-order valence-corrected chi connectivity index (χ1v) is 7.48. The zero-order chi connectivity index (χ0) is 12.7. The summed E-state index contributed by atoms with van der Waals surface area (Å²) in [4.78, 5) is 0. The van der Waals surface area contributed by atoms with Crippen LogP contribution < -0.4 is 5.73 Å². The Morgan fingerprint density at radius 3 is 2.47 bits per heavy atom. The van der Waals surface area contributed by atoms with Gasteiger partial charge in [-0.05, 0) is 19.4 Å². The van der Waals surface area contributed by atoms with Gasteiger partial charge < -0.3 is 10.5 Å². The van der Waals surface area contributed by atoms with Crippen LogP contribution in [-0.4, -0.2) is 63.5 Å². The number of hydrogen-bond acceptors (Lipinski definition) is 4. The largest absolute Gasteiger partial charge is 0.379 e. The molecule has 0 unspecified atom stereocenters. The summed E-state index contributed by atoms with van der Waals surface area (Å²) in [6.07, 6.45) is 2.78. The van der Waals surface area contributed by atoms with Crippen molar-refractivity contribution in [3.05, 3.63) is 0 Å². The Bertz CT molecular complexity index is 302. The van der Waals surface area contributed by atoms with Crippen LogP contribution in [0.5, 0.6) is 0 Å². The van der Waals surface area contributed by atoms with E-state index in [1.165, 1.54) is 8.61 Å². The molecule has 17 heavy (non-hydrogen) atoms. The summed E-state index contributed by atoms with van der Waals surface area (Å²) in [7, 11) is -1.66. The number of morpholine rings is 1. The Morgan fingerprint density at radius 1 is 1.24 bits per heavy atom. The summed E-state index contributed by atoms with van der Waals surface area (Å²) in [5, 5.41) is 0. The molecule has 1 aliphatic heterocycles. The van der Waals surface area contributed by atoms with Crippen molar-refractivity contribution in [3.8, 4) is 0 Å². The van der Waals surface area contributed by atoms with Crippen molar-refractivity contribution >= 4 is 10.2 Å². The molecule has 1 aliphatic rings. The van der Waals surface area contributed by atoms with Crippen LogP contribution in [0.15, 0.2) is 0 Å². The van der Waals surface area contributed by atoms with Gasteiger partial charge in [-0.15, -0.1) is 0 Å². The fourth-order valence-electron chi connectivity index (χ4n) is 1.75. The number of nitrogens with two attached hydrogens (primary N) is 1. The van der Waals surface area contributed by atoms with Gasteiger partial charge in [-0.1, -0.05) is 6.42 Å². The predicted molar refractivity (Wildman–Crippen MR) is 66.8 cm³/mol. The average molecular weight is 265 g/mol. The van der Waals surface area contributed by atoms with E-state index in [0.29, 0.717) is 39.4 Å². The van der Waals surface area contributed by atoms with Crippen molar-refractivity contribution in [1.82, 2.24) is 8.61 Å². The van der Waals surface area contributed by atoms with Gasteiger partial charge >= 0.3 is 0 Å². The molecule has 0 aromatic rings. The maximum Gasteiger partial charge on any atom is 0.281 e. The molecule has 6 nitrogen and oxygen atoms in total. The average Bonchev–Trinajstić information content (AvgIpc) is 2.35. The van der Waals surface area contributed by atoms with Gasteiger partial charge in [0.25, 0.3) is 10.2 Å². The molecule has 1 rings (SSSR count). The molecule has 0 atom stereocenters. The molecule has 0 amide bonds. The van der Waals surface area contributed by atoms with Crippen molar-refractivity contribution < 1.29 is 13.2 Å². The van der Waals surface area contributed by atoms with Crippen molar-refractivity contribution in [2.45, 2.75) is 19.3 Å². The first-order chi connectivity index (χ1) is 8.09. The highest BCUT2D eigenvalue weighted by Crippen LogP contribution is 2.10. The highest BCUT2D eigenvalue weighted by Gasteiger charge is 2.27. The molecule has 1 saturated heterocycles.